The third-order valence-electron chi connectivity index (χ3n) is 4.05. The Bertz CT molecular complexity index is 977. The quantitative estimate of drug-likeness (QED) is 0.580. The number of amides is 1. The van der Waals surface area contributed by atoms with Gasteiger partial charge in [-0.1, -0.05) is 31.5 Å². The van der Waals surface area contributed by atoms with Crippen molar-refractivity contribution >= 4 is 27.5 Å². The van der Waals surface area contributed by atoms with Crippen LogP contribution in [0.3, 0.4) is 0 Å². The Hall–Kier alpha value is -2.29. The van der Waals surface area contributed by atoms with E-state index in [1.54, 1.807) is 19.1 Å². The minimum Gasteiger partial charge on any atom is -0.493 e. The molecule has 2 aromatic rings. The molecule has 0 heterocycles. The van der Waals surface area contributed by atoms with Gasteiger partial charge in [0.25, 0.3) is 15.9 Å². The normalized spacial score (nSPS) is 11.4. The number of hydrogen-bond acceptors (Lipinski definition) is 5. The van der Waals surface area contributed by atoms with E-state index in [0.717, 1.165) is 12.0 Å². The van der Waals surface area contributed by atoms with Crippen molar-refractivity contribution in [3.05, 3.63) is 52.5 Å². The molecule has 158 valence electrons. The maximum Gasteiger partial charge on any atom is 0.266 e. The molecule has 7 nitrogen and oxygen atoms in total. The van der Waals surface area contributed by atoms with E-state index in [4.69, 9.17) is 21.1 Å². The first-order chi connectivity index (χ1) is 13.6. The van der Waals surface area contributed by atoms with Crippen LogP contribution in [0.1, 0.15) is 36.2 Å². The maximum absolute atomic E-state index is 12.4. The number of aryl methyl sites for hydroxylation is 1. The van der Waals surface area contributed by atoms with E-state index in [-0.39, 0.29) is 15.5 Å². The highest BCUT2D eigenvalue weighted by Gasteiger charge is 2.19. The van der Waals surface area contributed by atoms with Crippen molar-refractivity contribution in [2.24, 2.45) is 5.92 Å². The number of hydrogen-bond donors (Lipinski definition) is 2. The summed E-state index contributed by atoms with van der Waals surface area (Å²) >= 11 is 6.00. The van der Waals surface area contributed by atoms with Crippen LogP contribution in [-0.4, -0.2) is 28.0 Å². The van der Waals surface area contributed by atoms with Crippen LogP contribution in [0.15, 0.2) is 41.3 Å². The second-order valence-corrected chi connectivity index (χ2v) is 8.95. The van der Waals surface area contributed by atoms with E-state index in [9.17, 15) is 13.2 Å². The van der Waals surface area contributed by atoms with E-state index >= 15 is 0 Å². The fourth-order valence-electron chi connectivity index (χ4n) is 2.40. The van der Waals surface area contributed by atoms with Gasteiger partial charge in [0.2, 0.25) is 0 Å². The summed E-state index contributed by atoms with van der Waals surface area (Å²) in [5.74, 6) is 0.743. The molecular formula is C20H25ClN2O5S. The zero-order chi connectivity index (χ0) is 21.6. The summed E-state index contributed by atoms with van der Waals surface area (Å²) < 4.78 is 35.8. The molecule has 0 bridgehead atoms. The lowest BCUT2D eigenvalue weighted by molar-refractivity contribution is 0.0944. The zero-order valence-corrected chi connectivity index (χ0v) is 18.4. The molecule has 0 atom stereocenters. The van der Waals surface area contributed by atoms with E-state index in [2.05, 4.69) is 19.3 Å². The highest BCUT2D eigenvalue weighted by molar-refractivity contribution is 7.89. The fraction of sp³-hybridized carbons (Fsp3) is 0.350. The third-order valence-corrected chi connectivity index (χ3v) is 5.78. The summed E-state index contributed by atoms with van der Waals surface area (Å²) in [5.41, 5.74) is 3.20. The van der Waals surface area contributed by atoms with Gasteiger partial charge in [-0.3, -0.25) is 10.2 Å². The van der Waals surface area contributed by atoms with Crippen LogP contribution in [0.2, 0.25) is 5.02 Å². The number of benzene rings is 2. The molecule has 0 aromatic heterocycles. The van der Waals surface area contributed by atoms with E-state index in [1.165, 1.54) is 31.4 Å². The van der Waals surface area contributed by atoms with Crippen molar-refractivity contribution < 1.29 is 22.7 Å². The summed E-state index contributed by atoms with van der Waals surface area (Å²) in [6, 6.07) is 9.13. The lowest BCUT2D eigenvalue weighted by Crippen LogP contribution is -2.41. The summed E-state index contributed by atoms with van der Waals surface area (Å²) in [6.07, 6.45) is 0.884. The van der Waals surface area contributed by atoms with Crippen molar-refractivity contribution in [2.75, 3.05) is 13.7 Å². The number of rotatable bonds is 9. The van der Waals surface area contributed by atoms with Gasteiger partial charge in [0, 0.05) is 5.56 Å². The number of halogens is 1. The molecule has 2 N–H and O–H groups in total. The molecule has 2 aromatic carbocycles. The first kappa shape index (κ1) is 23.0. The number of carbonyl (C=O) groups excluding carboxylic acids is 1. The van der Waals surface area contributed by atoms with Crippen LogP contribution in [0.25, 0.3) is 0 Å². The lowest BCUT2D eigenvalue weighted by atomic mass is 10.1. The smallest absolute Gasteiger partial charge is 0.266 e. The van der Waals surface area contributed by atoms with Crippen molar-refractivity contribution in [1.29, 1.82) is 0 Å². The van der Waals surface area contributed by atoms with Gasteiger partial charge >= 0.3 is 0 Å². The van der Waals surface area contributed by atoms with Crippen molar-refractivity contribution in [3.63, 3.8) is 0 Å². The largest absolute Gasteiger partial charge is 0.493 e. The van der Waals surface area contributed by atoms with Gasteiger partial charge in [-0.2, -0.15) is 0 Å². The Balaban J connectivity index is 2.08. The van der Waals surface area contributed by atoms with Gasteiger partial charge in [0.1, 0.15) is 4.90 Å². The molecular weight excluding hydrogens is 416 g/mol. The minimum atomic E-state index is -4.02. The zero-order valence-electron chi connectivity index (χ0n) is 16.8. The lowest BCUT2D eigenvalue weighted by Gasteiger charge is -2.14. The number of hydrazine groups is 1. The SMILES string of the molecule is COc1cc(C(=O)NNS(=O)(=O)c2ccc(C)cc2Cl)ccc1OCCC(C)C. The molecule has 0 radical (unpaired) electrons. The van der Waals surface area contributed by atoms with Gasteiger partial charge in [0.15, 0.2) is 11.5 Å². The third kappa shape index (κ3) is 6.35. The average molecular weight is 441 g/mol. The van der Waals surface area contributed by atoms with Gasteiger partial charge in [-0.15, -0.1) is 4.83 Å². The van der Waals surface area contributed by atoms with E-state index in [1.807, 2.05) is 4.83 Å². The molecule has 0 saturated carbocycles. The monoisotopic (exact) mass is 440 g/mol. The summed E-state index contributed by atoms with van der Waals surface area (Å²) in [5, 5.41) is 0.0660. The predicted molar refractivity (Wildman–Crippen MR) is 112 cm³/mol. The Morgan fingerprint density at radius 3 is 2.48 bits per heavy atom. The predicted octanol–water partition coefficient (Wildman–Crippen LogP) is 3.71. The topological polar surface area (TPSA) is 93.7 Å². The fourth-order valence-corrected chi connectivity index (χ4v) is 3.84. The van der Waals surface area contributed by atoms with Crippen LogP contribution in [0, 0.1) is 12.8 Å². The molecule has 0 spiro atoms. The van der Waals surface area contributed by atoms with Gasteiger partial charge < -0.3 is 9.47 Å². The first-order valence-electron chi connectivity index (χ1n) is 9.03. The molecule has 0 aliphatic heterocycles. The Morgan fingerprint density at radius 1 is 1.14 bits per heavy atom. The summed E-state index contributed by atoms with van der Waals surface area (Å²) in [4.78, 5) is 14.3. The highest BCUT2D eigenvalue weighted by Crippen LogP contribution is 2.28. The van der Waals surface area contributed by atoms with Crippen molar-refractivity contribution in [1.82, 2.24) is 10.3 Å². The van der Waals surface area contributed by atoms with E-state index < -0.39 is 15.9 Å². The summed E-state index contributed by atoms with van der Waals surface area (Å²) in [7, 11) is -2.56. The molecule has 0 unspecified atom stereocenters. The number of ether oxygens (including phenoxy) is 2. The van der Waals surface area contributed by atoms with Crippen LogP contribution in [-0.2, 0) is 10.0 Å². The maximum atomic E-state index is 12.4. The van der Waals surface area contributed by atoms with Crippen LogP contribution in [0.5, 0.6) is 11.5 Å². The molecule has 1 amide bonds. The Kier molecular flexibility index (Phi) is 7.89. The van der Waals surface area contributed by atoms with Crippen molar-refractivity contribution in [3.8, 4) is 11.5 Å². The molecule has 0 aliphatic carbocycles. The Labute approximate surface area is 176 Å². The molecule has 29 heavy (non-hydrogen) atoms. The highest BCUT2D eigenvalue weighted by atomic mass is 35.5. The molecule has 0 fully saturated rings. The molecule has 0 saturated heterocycles. The van der Waals surface area contributed by atoms with E-state index in [0.29, 0.717) is 24.0 Å². The van der Waals surface area contributed by atoms with Gasteiger partial charge in [-0.25, -0.2) is 8.42 Å². The molecule has 0 aliphatic rings. The van der Waals surface area contributed by atoms with Gasteiger partial charge in [0.05, 0.1) is 18.7 Å². The first-order valence-corrected chi connectivity index (χ1v) is 10.9. The average Bonchev–Trinajstić information content (AvgIpc) is 2.65. The molecule has 2 rings (SSSR count). The molecule has 9 heteroatoms. The standard InChI is InChI=1S/C20H25ClN2O5S/c1-13(2)9-10-28-17-7-6-15(12-18(17)27-4)20(24)22-23-29(25,26)19-8-5-14(3)11-16(19)21/h5-8,11-13,23H,9-10H2,1-4H3,(H,22,24). The van der Waals surface area contributed by atoms with Crippen LogP contribution >= 0.6 is 11.6 Å². The van der Waals surface area contributed by atoms with Gasteiger partial charge in [-0.05, 0) is 55.2 Å². The van der Waals surface area contributed by atoms with Crippen molar-refractivity contribution in [2.45, 2.75) is 32.1 Å². The van der Waals surface area contributed by atoms with Crippen LogP contribution < -0.4 is 19.7 Å². The Morgan fingerprint density at radius 2 is 1.86 bits per heavy atom. The number of carbonyl (C=O) groups is 1. The minimum absolute atomic E-state index is 0.0660. The second kappa shape index (κ2) is 9.96. The summed E-state index contributed by atoms with van der Waals surface area (Å²) in [6.45, 7) is 6.51. The number of nitrogens with one attached hydrogen (secondary N) is 2. The second-order valence-electron chi connectivity index (χ2n) is 6.89. The van der Waals surface area contributed by atoms with Crippen LogP contribution in [0.4, 0.5) is 0 Å². The number of sulfonamides is 1. The number of methoxy groups -OCH3 is 1.